The number of benzene rings is 1. The van der Waals surface area contributed by atoms with Crippen LogP contribution in [0.4, 0.5) is 5.69 Å². The fourth-order valence-corrected chi connectivity index (χ4v) is 1.99. The minimum Gasteiger partial charge on any atom is -0.407 e. The fraction of sp³-hybridized carbons (Fsp3) is 0.385. The minimum atomic E-state index is -0.581. The summed E-state index contributed by atoms with van der Waals surface area (Å²) in [6.07, 6.45) is 0.807. The van der Waals surface area contributed by atoms with Gasteiger partial charge in [0.1, 0.15) is 0 Å². The quantitative estimate of drug-likeness (QED) is 0.612. The van der Waals surface area contributed by atoms with Crippen LogP contribution in [0.2, 0.25) is 0 Å². The number of nitro groups is 1. The Kier molecular flexibility index (Phi) is 4.06. The Labute approximate surface area is 119 Å². The van der Waals surface area contributed by atoms with E-state index in [-0.39, 0.29) is 17.2 Å². The Morgan fingerprint density at radius 2 is 2.14 bits per heavy atom. The van der Waals surface area contributed by atoms with E-state index in [1.54, 1.807) is 14.1 Å². The molecule has 0 aliphatic heterocycles. The highest BCUT2D eigenvalue weighted by Gasteiger charge is 2.14. The Hall–Kier alpha value is -2.64. The Morgan fingerprint density at radius 3 is 2.76 bits per heavy atom. The van der Waals surface area contributed by atoms with Crippen molar-refractivity contribution in [2.45, 2.75) is 19.4 Å². The van der Waals surface area contributed by atoms with Gasteiger partial charge in [-0.15, -0.1) is 0 Å². The Bertz CT molecular complexity index is 744. The highest BCUT2D eigenvalue weighted by molar-refractivity contribution is 5.76. The summed E-state index contributed by atoms with van der Waals surface area (Å²) in [6.45, 7) is 0.323. The van der Waals surface area contributed by atoms with Crippen LogP contribution in [-0.2, 0) is 11.3 Å². The van der Waals surface area contributed by atoms with Crippen molar-refractivity contribution in [1.29, 1.82) is 0 Å². The molecule has 0 bridgehead atoms. The molecule has 0 spiro atoms. The largest absolute Gasteiger partial charge is 0.419 e. The van der Waals surface area contributed by atoms with Gasteiger partial charge in [-0.3, -0.25) is 19.5 Å². The van der Waals surface area contributed by atoms with Crippen LogP contribution in [0, 0.1) is 10.1 Å². The lowest BCUT2D eigenvalue weighted by molar-refractivity contribution is -0.384. The number of hydrogen-bond acceptors (Lipinski definition) is 5. The predicted octanol–water partition coefficient (Wildman–Crippen LogP) is 1.37. The molecule has 112 valence electrons. The molecule has 0 radical (unpaired) electrons. The van der Waals surface area contributed by atoms with Crippen LogP contribution in [0.25, 0.3) is 11.1 Å². The first kappa shape index (κ1) is 14.8. The van der Waals surface area contributed by atoms with Crippen molar-refractivity contribution >= 4 is 22.7 Å². The molecule has 21 heavy (non-hydrogen) atoms. The van der Waals surface area contributed by atoms with Gasteiger partial charge in [0.15, 0.2) is 5.58 Å². The molecule has 0 saturated heterocycles. The molecule has 0 unspecified atom stereocenters. The number of carbonyl (C=O) groups excluding carboxylic acids is 1. The predicted molar refractivity (Wildman–Crippen MR) is 75.1 cm³/mol. The topological polar surface area (TPSA) is 98.6 Å². The van der Waals surface area contributed by atoms with E-state index in [9.17, 15) is 19.7 Å². The molecule has 8 heteroatoms. The summed E-state index contributed by atoms with van der Waals surface area (Å²) in [4.78, 5) is 34.9. The van der Waals surface area contributed by atoms with E-state index >= 15 is 0 Å². The van der Waals surface area contributed by atoms with Gasteiger partial charge in [0.05, 0.1) is 16.5 Å². The Morgan fingerprint density at radius 1 is 1.43 bits per heavy atom. The van der Waals surface area contributed by atoms with Crippen molar-refractivity contribution in [2.75, 3.05) is 14.1 Å². The van der Waals surface area contributed by atoms with Crippen LogP contribution in [0.3, 0.4) is 0 Å². The van der Waals surface area contributed by atoms with Crippen LogP contribution >= 0.6 is 0 Å². The highest BCUT2D eigenvalue weighted by atomic mass is 16.6. The number of aromatic nitrogens is 1. The van der Waals surface area contributed by atoms with E-state index in [0.717, 1.165) is 0 Å². The standard InChI is InChI=1S/C13H15N3O5/c1-14(2)12(17)4-3-7-15-10-6-5-9(16(19)20)8-11(10)21-13(15)18/h5-6,8H,3-4,7H2,1-2H3. The lowest BCUT2D eigenvalue weighted by Crippen LogP contribution is -2.22. The van der Waals surface area contributed by atoms with E-state index in [1.165, 1.54) is 27.7 Å². The van der Waals surface area contributed by atoms with Gasteiger partial charge in [-0.1, -0.05) is 0 Å². The number of nitro benzene ring substituents is 1. The van der Waals surface area contributed by atoms with Gasteiger partial charge < -0.3 is 9.32 Å². The third-order valence-corrected chi connectivity index (χ3v) is 3.13. The number of hydrogen-bond donors (Lipinski definition) is 0. The third kappa shape index (κ3) is 3.10. The average Bonchev–Trinajstić information content (AvgIpc) is 2.73. The van der Waals surface area contributed by atoms with Crippen molar-refractivity contribution in [3.8, 4) is 0 Å². The molecule has 1 amide bonds. The lowest BCUT2D eigenvalue weighted by Gasteiger charge is -2.09. The molecule has 1 aromatic carbocycles. The van der Waals surface area contributed by atoms with E-state index in [4.69, 9.17) is 4.42 Å². The summed E-state index contributed by atoms with van der Waals surface area (Å²) in [5.41, 5.74) is 0.530. The monoisotopic (exact) mass is 293 g/mol. The molecule has 1 aromatic heterocycles. The van der Waals surface area contributed by atoms with E-state index < -0.39 is 10.7 Å². The number of rotatable bonds is 5. The number of amides is 1. The van der Waals surface area contributed by atoms with E-state index in [1.807, 2.05) is 0 Å². The minimum absolute atomic E-state index is 0.0218. The molecular formula is C13H15N3O5. The highest BCUT2D eigenvalue weighted by Crippen LogP contribution is 2.20. The number of non-ortho nitro benzene ring substituents is 1. The summed E-state index contributed by atoms with van der Waals surface area (Å²) in [5, 5.41) is 10.7. The maximum Gasteiger partial charge on any atom is 0.419 e. The van der Waals surface area contributed by atoms with Crippen molar-refractivity contribution in [2.24, 2.45) is 0 Å². The number of oxazole rings is 1. The van der Waals surface area contributed by atoms with Gasteiger partial charge in [-0.05, 0) is 12.5 Å². The number of nitrogens with zero attached hydrogens (tertiary/aromatic N) is 3. The van der Waals surface area contributed by atoms with Crippen molar-refractivity contribution in [3.05, 3.63) is 38.9 Å². The molecule has 0 aliphatic rings. The normalized spacial score (nSPS) is 10.8. The van der Waals surface area contributed by atoms with Crippen molar-refractivity contribution in [3.63, 3.8) is 0 Å². The smallest absolute Gasteiger partial charge is 0.407 e. The first-order chi connectivity index (χ1) is 9.90. The second-order valence-electron chi connectivity index (χ2n) is 4.82. The summed E-state index contributed by atoms with van der Waals surface area (Å²) in [5.74, 6) is -0.603. The maximum atomic E-state index is 11.8. The average molecular weight is 293 g/mol. The summed E-state index contributed by atoms with van der Waals surface area (Å²) in [7, 11) is 3.34. The molecule has 0 fully saturated rings. The van der Waals surface area contributed by atoms with Crippen LogP contribution in [-0.4, -0.2) is 34.4 Å². The molecule has 0 saturated carbocycles. The molecular weight excluding hydrogens is 278 g/mol. The van der Waals surface area contributed by atoms with Crippen LogP contribution in [0.1, 0.15) is 12.8 Å². The second kappa shape index (κ2) is 5.78. The van der Waals surface area contributed by atoms with Gasteiger partial charge in [0.25, 0.3) is 5.69 Å². The molecule has 0 N–H and O–H groups in total. The number of fused-ring (bicyclic) bond motifs is 1. The van der Waals surface area contributed by atoms with Gasteiger partial charge in [-0.2, -0.15) is 0 Å². The van der Waals surface area contributed by atoms with Gasteiger partial charge in [0.2, 0.25) is 5.91 Å². The lowest BCUT2D eigenvalue weighted by atomic mass is 10.2. The molecule has 2 rings (SSSR count). The summed E-state index contributed by atoms with van der Waals surface area (Å²) in [6, 6.07) is 4.02. The SMILES string of the molecule is CN(C)C(=O)CCCn1c(=O)oc2cc([N+](=O)[O-])ccc21. The molecule has 0 aliphatic carbocycles. The van der Waals surface area contributed by atoms with Crippen molar-refractivity contribution < 1.29 is 14.1 Å². The maximum absolute atomic E-state index is 11.8. The third-order valence-electron chi connectivity index (χ3n) is 3.13. The van der Waals surface area contributed by atoms with E-state index in [0.29, 0.717) is 24.9 Å². The van der Waals surface area contributed by atoms with Gasteiger partial charge >= 0.3 is 5.76 Å². The van der Waals surface area contributed by atoms with Gasteiger partial charge in [-0.25, -0.2) is 4.79 Å². The number of carbonyl (C=O) groups is 1. The summed E-state index contributed by atoms with van der Waals surface area (Å²) < 4.78 is 6.38. The fourth-order valence-electron chi connectivity index (χ4n) is 1.99. The van der Waals surface area contributed by atoms with Crippen LogP contribution in [0.5, 0.6) is 0 Å². The molecule has 1 heterocycles. The molecule has 0 atom stereocenters. The molecule has 8 nitrogen and oxygen atoms in total. The zero-order chi connectivity index (χ0) is 15.6. The van der Waals surface area contributed by atoms with Gasteiger partial charge in [0, 0.05) is 33.1 Å². The van der Waals surface area contributed by atoms with Crippen LogP contribution in [0.15, 0.2) is 27.4 Å². The zero-order valence-electron chi connectivity index (χ0n) is 11.7. The number of aryl methyl sites for hydroxylation is 1. The first-order valence-corrected chi connectivity index (χ1v) is 6.38. The Balaban J connectivity index is 2.20. The molecule has 2 aromatic rings. The van der Waals surface area contributed by atoms with E-state index in [2.05, 4.69) is 0 Å². The summed E-state index contributed by atoms with van der Waals surface area (Å²) >= 11 is 0. The second-order valence-corrected chi connectivity index (χ2v) is 4.82. The zero-order valence-corrected chi connectivity index (χ0v) is 11.7. The first-order valence-electron chi connectivity index (χ1n) is 6.38. The van der Waals surface area contributed by atoms with Crippen molar-refractivity contribution in [1.82, 2.24) is 9.47 Å². The van der Waals surface area contributed by atoms with Crippen LogP contribution < -0.4 is 5.76 Å².